The number of alkyl halides is 6. The molecular formula is C69H39F6N9. The predicted molar refractivity (Wildman–Crippen MR) is 315 cm³/mol. The summed E-state index contributed by atoms with van der Waals surface area (Å²) in [4.78, 5) is 29.6. The van der Waals surface area contributed by atoms with Crippen LogP contribution in [-0.2, 0) is 12.4 Å². The summed E-state index contributed by atoms with van der Waals surface area (Å²) < 4.78 is 92.8. The molecule has 0 aliphatic rings. The van der Waals surface area contributed by atoms with Crippen molar-refractivity contribution in [2.24, 2.45) is 0 Å². The van der Waals surface area contributed by atoms with Crippen LogP contribution < -0.4 is 0 Å². The summed E-state index contributed by atoms with van der Waals surface area (Å²) >= 11 is 0. The normalized spacial score (nSPS) is 11.9. The molecule has 402 valence electrons. The molecule has 0 N–H and O–H groups in total. The first-order chi connectivity index (χ1) is 40.9. The molecule has 0 radical (unpaired) electrons. The van der Waals surface area contributed by atoms with Gasteiger partial charge >= 0.3 is 12.4 Å². The van der Waals surface area contributed by atoms with Gasteiger partial charge in [-0.25, -0.2) is 29.9 Å². The Kier molecular flexibility index (Phi) is 12.3. The largest absolute Gasteiger partial charge is 0.417 e. The van der Waals surface area contributed by atoms with Crippen LogP contribution in [0.3, 0.4) is 0 Å². The Morgan fingerprint density at radius 2 is 0.655 bits per heavy atom. The van der Waals surface area contributed by atoms with Gasteiger partial charge in [-0.05, 0) is 83.9 Å². The average Bonchev–Trinajstić information content (AvgIpc) is 2.29. The van der Waals surface area contributed by atoms with Gasteiger partial charge in [0.15, 0.2) is 34.9 Å². The number of halogens is 6. The van der Waals surface area contributed by atoms with Gasteiger partial charge in [0.1, 0.15) is 11.6 Å². The Morgan fingerprint density at radius 3 is 1.01 bits per heavy atom. The Morgan fingerprint density at radius 1 is 0.310 bits per heavy atom. The van der Waals surface area contributed by atoms with E-state index in [9.17, 15) is 18.4 Å². The Hall–Kier alpha value is -11.1. The first kappa shape index (κ1) is 51.1. The SMILES string of the molecule is N#Cc1c(-n2c3ccccc3c3cc(-c4nc(-c5ccccc5)nc(-c5ccccc5)n4)ccc32)cc(-c2ccc(C(F)(F)F)cc2C(F)(F)F)cc1-n1c2ccccc2c2cc(-c3nc(-c4ccccc4)nc(-c4ccccc4)n3)ccc21. The fourth-order valence-corrected chi connectivity index (χ4v) is 11.1. The van der Waals surface area contributed by atoms with Crippen molar-refractivity contribution in [1.29, 1.82) is 5.26 Å². The van der Waals surface area contributed by atoms with Crippen LogP contribution in [0, 0.1) is 11.3 Å². The summed E-state index contributed by atoms with van der Waals surface area (Å²) in [6.45, 7) is 0. The zero-order valence-electron chi connectivity index (χ0n) is 43.8. The number of hydrogen-bond acceptors (Lipinski definition) is 7. The van der Waals surface area contributed by atoms with Crippen LogP contribution in [0.4, 0.5) is 26.3 Å². The number of aromatic nitrogens is 8. The van der Waals surface area contributed by atoms with Crippen LogP contribution in [0.25, 0.3) is 134 Å². The van der Waals surface area contributed by atoms with Crippen molar-refractivity contribution in [2.45, 2.75) is 12.4 Å². The van der Waals surface area contributed by atoms with Gasteiger partial charge in [-0.2, -0.15) is 31.6 Å². The minimum absolute atomic E-state index is 0.0626. The number of nitrogens with zero attached hydrogens (tertiary/aromatic N) is 9. The van der Waals surface area contributed by atoms with E-state index in [1.54, 1.807) is 0 Å². The van der Waals surface area contributed by atoms with Crippen molar-refractivity contribution in [3.8, 4) is 96.9 Å². The van der Waals surface area contributed by atoms with Gasteiger partial charge in [0.25, 0.3) is 0 Å². The molecule has 0 saturated carbocycles. The van der Waals surface area contributed by atoms with E-state index in [4.69, 9.17) is 29.9 Å². The number of fused-ring (bicyclic) bond motifs is 6. The highest BCUT2D eigenvalue weighted by Crippen LogP contribution is 2.46. The molecule has 9 nitrogen and oxygen atoms in total. The average molecular weight is 1110 g/mol. The fraction of sp³-hybridized carbons (Fsp3) is 0.0290. The summed E-state index contributed by atoms with van der Waals surface area (Å²) in [7, 11) is 0. The van der Waals surface area contributed by atoms with Gasteiger partial charge in [0.2, 0.25) is 0 Å². The molecule has 0 unspecified atom stereocenters. The molecule has 0 fully saturated rings. The van der Waals surface area contributed by atoms with E-state index in [1.807, 2.05) is 215 Å². The Bertz CT molecular complexity index is 4560. The van der Waals surface area contributed by atoms with E-state index in [1.165, 1.54) is 12.1 Å². The molecule has 84 heavy (non-hydrogen) atoms. The van der Waals surface area contributed by atoms with Crippen LogP contribution in [0.1, 0.15) is 16.7 Å². The minimum atomic E-state index is -5.23. The molecule has 4 heterocycles. The second-order valence-corrected chi connectivity index (χ2v) is 20.0. The van der Waals surface area contributed by atoms with Gasteiger partial charge < -0.3 is 9.13 Å². The maximum absolute atomic E-state index is 15.4. The third-order valence-corrected chi connectivity index (χ3v) is 14.9. The first-order valence-corrected chi connectivity index (χ1v) is 26.5. The topological polar surface area (TPSA) is 111 Å². The highest BCUT2D eigenvalue weighted by atomic mass is 19.4. The molecule has 14 rings (SSSR count). The van der Waals surface area contributed by atoms with E-state index < -0.39 is 29.0 Å². The van der Waals surface area contributed by atoms with E-state index in [2.05, 4.69) is 6.07 Å². The molecule has 14 aromatic rings. The van der Waals surface area contributed by atoms with Crippen molar-refractivity contribution < 1.29 is 26.3 Å². The second-order valence-electron chi connectivity index (χ2n) is 20.0. The Balaban J connectivity index is 1.02. The summed E-state index contributed by atoms with van der Waals surface area (Å²) in [5.41, 5.74) is 3.51. The monoisotopic (exact) mass is 1110 g/mol. The van der Waals surface area contributed by atoms with E-state index in [0.29, 0.717) is 85.0 Å². The summed E-state index contributed by atoms with van der Waals surface area (Å²) in [6, 6.07) is 71.3. The third-order valence-electron chi connectivity index (χ3n) is 14.9. The molecule has 0 atom stereocenters. The van der Waals surface area contributed by atoms with Crippen LogP contribution in [0.15, 0.2) is 237 Å². The molecule has 0 saturated heterocycles. The van der Waals surface area contributed by atoms with Gasteiger partial charge in [-0.3, -0.25) is 0 Å². The number of rotatable bonds is 9. The molecule has 0 aliphatic carbocycles. The summed E-state index contributed by atoms with van der Waals surface area (Å²) in [6.07, 6.45) is -10.3. The van der Waals surface area contributed by atoms with Crippen molar-refractivity contribution in [3.05, 3.63) is 253 Å². The number of benzene rings is 10. The zero-order chi connectivity index (χ0) is 57.3. The van der Waals surface area contributed by atoms with Crippen LogP contribution in [0.5, 0.6) is 0 Å². The van der Waals surface area contributed by atoms with E-state index in [0.717, 1.165) is 39.1 Å². The molecule has 0 spiro atoms. The molecule has 4 aromatic heterocycles. The van der Waals surface area contributed by atoms with Crippen molar-refractivity contribution in [2.75, 3.05) is 0 Å². The number of hydrogen-bond donors (Lipinski definition) is 0. The number of para-hydroxylation sites is 2. The zero-order valence-corrected chi connectivity index (χ0v) is 43.8. The first-order valence-electron chi connectivity index (χ1n) is 26.5. The molecule has 0 aliphatic heterocycles. The lowest BCUT2D eigenvalue weighted by Gasteiger charge is -2.21. The second kappa shape index (κ2) is 20.2. The van der Waals surface area contributed by atoms with Gasteiger partial charge in [-0.15, -0.1) is 0 Å². The molecular weight excluding hydrogens is 1070 g/mol. The van der Waals surface area contributed by atoms with Crippen molar-refractivity contribution in [1.82, 2.24) is 39.0 Å². The summed E-state index contributed by atoms with van der Waals surface area (Å²) in [5, 5.41) is 14.5. The lowest BCUT2D eigenvalue weighted by molar-refractivity contribution is -0.142. The van der Waals surface area contributed by atoms with Crippen LogP contribution >= 0.6 is 0 Å². The standard InChI is InChI=1S/C69H39F6N9/c70-68(71,72)48-31-32-49(55(39-48)69(73,74)75)47-37-60(83-56-27-15-13-25-50(56)52-35-45(29-33-58(52)83)66-79-62(41-17-5-1-6-18-41)77-63(80-66)42-19-7-2-8-20-42)54(40-76)61(38-47)84-57-28-16-14-26-51(57)53-36-46(30-34-59(53)84)67-81-64(43-21-9-3-10-22-43)78-65(82-67)44-23-11-4-12-24-44/h1-39H. The highest BCUT2D eigenvalue weighted by molar-refractivity contribution is 6.12. The lowest BCUT2D eigenvalue weighted by Crippen LogP contribution is -2.12. The molecule has 10 aromatic carbocycles. The maximum Gasteiger partial charge on any atom is 0.417 e. The highest BCUT2D eigenvalue weighted by Gasteiger charge is 2.39. The summed E-state index contributed by atoms with van der Waals surface area (Å²) in [5.74, 6) is 2.56. The van der Waals surface area contributed by atoms with Crippen LogP contribution in [0.2, 0.25) is 0 Å². The van der Waals surface area contributed by atoms with Crippen LogP contribution in [-0.4, -0.2) is 39.0 Å². The Labute approximate surface area is 474 Å². The van der Waals surface area contributed by atoms with Crippen molar-refractivity contribution >= 4 is 43.6 Å². The van der Waals surface area contributed by atoms with E-state index in [-0.39, 0.29) is 28.6 Å². The lowest BCUT2D eigenvalue weighted by atomic mass is 9.94. The molecule has 0 amide bonds. The predicted octanol–water partition coefficient (Wildman–Crippen LogP) is 17.8. The maximum atomic E-state index is 15.4. The number of nitriles is 1. The van der Waals surface area contributed by atoms with Crippen molar-refractivity contribution in [3.63, 3.8) is 0 Å². The smallest absolute Gasteiger partial charge is 0.308 e. The third kappa shape index (κ3) is 9.02. The van der Waals surface area contributed by atoms with Gasteiger partial charge in [-0.1, -0.05) is 164 Å². The molecule has 0 bridgehead atoms. The van der Waals surface area contributed by atoms with Gasteiger partial charge in [0, 0.05) is 54.9 Å². The van der Waals surface area contributed by atoms with E-state index >= 15 is 13.2 Å². The fourth-order valence-electron chi connectivity index (χ4n) is 11.1. The quantitative estimate of drug-likeness (QED) is 0.132. The van der Waals surface area contributed by atoms with Gasteiger partial charge in [0.05, 0.1) is 44.6 Å². The molecule has 15 heteroatoms. The minimum Gasteiger partial charge on any atom is -0.308 e.